The molecule has 0 fully saturated rings. The first-order valence-corrected chi connectivity index (χ1v) is 7.84. The van der Waals surface area contributed by atoms with E-state index in [2.05, 4.69) is 90.3 Å². The fraction of sp³-hybridized carbons (Fsp3) is 0. The van der Waals surface area contributed by atoms with Crippen molar-refractivity contribution >= 4 is 17.3 Å². The van der Waals surface area contributed by atoms with Gasteiger partial charge in [-0.25, -0.2) is 0 Å². The van der Waals surface area contributed by atoms with Gasteiger partial charge in [0.2, 0.25) is 0 Å². The smallest absolute Gasteiger partial charge is 0.0116 e. The molecule has 0 aliphatic heterocycles. The molecule has 0 aromatic heterocycles. The normalized spacial score (nSPS) is 10.1. The Morgan fingerprint density at radius 1 is 0.571 bits per heavy atom. The number of thioether (sulfide) groups is 1. The Kier molecular flexibility index (Phi) is 4.55. The molecule has 0 radical (unpaired) electrons. The minimum Gasteiger partial charge on any atom is -0.0974 e. The van der Waals surface area contributed by atoms with Gasteiger partial charge in [-0.1, -0.05) is 90.6 Å². The molecule has 0 saturated heterocycles. The van der Waals surface area contributed by atoms with Gasteiger partial charge in [0, 0.05) is 4.90 Å². The lowest BCUT2D eigenvalue weighted by Crippen LogP contribution is -1.86. The SMILES string of the molecule is C(Sc1ccccc1)=C(c1ccccc1)c1ccccc1. The first kappa shape index (κ1) is 13.7. The van der Waals surface area contributed by atoms with Crippen molar-refractivity contribution in [2.24, 2.45) is 0 Å². The van der Waals surface area contributed by atoms with Crippen molar-refractivity contribution in [2.75, 3.05) is 0 Å². The highest BCUT2D eigenvalue weighted by Crippen LogP contribution is 2.29. The van der Waals surface area contributed by atoms with Crippen LogP contribution in [0.2, 0.25) is 0 Å². The van der Waals surface area contributed by atoms with Crippen LogP contribution >= 0.6 is 11.8 Å². The zero-order valence-electron chi connectivity index (χ0n) is 11.6. The monoisotopic (exact) mass is 288 g/mol. The third-order valence-corrected chi connectivity index (χ3v) is 4.12. The fourth-order valence-electron chi connectivity index (χ4n) is 2.16. The fourth-order valence-corrected chi connectivity index (χ4v) is 3.00. The van der Waals surface area contributed by atoms with Gasteiger partial charge in [-0.2, -0.15) is 0 Å². The van der Waals surface area contributed by atoms with Crippen molar-refractivity contribution in [3.05, 3.63) is 108 Å². The maximum Gasteiger partial charge on any atom is 0.0116 e. The zero-order chi connectivity index (χ0) is 14.3. The third kappa shape index (κ3) is 3.65. The van der Waals surface area contributed by atoms with E-state index in [1.807, 2.05) is 6.07 Å². The Bertz CT molecular complexity index is 659. The van der Waals surface area contributed by atoms with Crippen molar-refractivity contribution in [1.29, 1.82) is 0 Å². The summed E-state index contributed by atoms with van der Waals surface area (Å²) in [4.78, 5) is 1.25. The molecule has 0 N–H and O–H groups in total. The molecular weight excluding hydrogens is 272 g/mol. The van der Waals surface area contributed by atoms with Crippen LogP contribution < -0.4 is 0 Å². The standard InChI is InChI=1S/C20H16S/c1-4-10-17(11-5-1)20(18-12-6-2-7-13-18)16-21-19-14-8-3-9-15-19/h1-16H. The Morgan fingerprint density at radius 2 is 1.00 bits per heavy atom. The van der Waals surface area contributed by atoms with E-state index in [-0.39, 0.29) is 0 Å². The van der Waals surface area contributed by atoms with Crippen molar-refractivity contribution in [2.45, 2.75) is 4.90 Å². The van der Waals surface area contributed by atoms with Crippen LogP contribution in [0.1, 0.15) is 11.1 Å². The molecule has 0 aliphatic rings. The summed E-state index contributed by atoms with van der Waals surface area (Å²) in [5.41, 5.74) is 3.74. The van der Waals surface area contributed by atoms with E-state index in [9.17, 15) is 0 Å². The molecule has 0 unspecified atom stereocenters. The molecule has 0 nitrogen and oxygen atoms in total. The highest BCUT2D eigenvalue weighted by Gasteiger charge is 2.04. The average Bonchev–Trinajstić information content (AvgIpc) is 2.58. The summed E-state index contributed by atoms with van der Waals surface area (Å²) in [7, 11) is 0. The predicted molar refractivity (Wildman–Crippen MR) is 92.3 cm³/mol. The number of hydrogen-bond acceptors (Lipinski definition) is 1. The van der Waals surface area contributed by atoms with E-state index in [1.165, 1.54) is 21.6 Å². The van der Waals surface area contributed by atoms with Gasteiger partial charge in [0.1, 0.15) is 0 Å². The lowest BCUT2D eigenvalue weighted by Gasteiger charge is -2.08. The lowest BCUT2D eigenvalue weighted by molar-refractivity contribution is 1.47. The van der Waals surface area contributed by atoms with Crippen LogP contribution in [-0.4, -0.2) is 0 Å². The maximum absolute atomic E-state index is 2.24. The highest BCUT2D eigenvalue weighted by molar-refractivity contribution is 8.02. The highest BCUT2D eigenvalue weighted by atomic mass is 32.2. The van der Waals surface area contributed by atoms with Gasteiger partial charge >= 0.3 is 0 Å². The van der Waals surface area contributed by atoms with Crippen molar-refractivity contribution in [3.8, 4) is 0 Å². The number of rotatable bonds is 4. The van der Waals surface area contributed by atoms with Crippen LogP contribution in [0.4, 0.5) is 0 Å². The summed E-state index contributed by atoms with van der Waals surface area (Å²) in [5, 5.41) is 2.24. The second-order valence-electron chi connectivity index (χ2n) is 4.69. The topological polar surface area (TPSA) is 0 Å². The van der Waals surface area contributed by atoms with E-state index in [4.69, 9.17) is 0 Å². The van der Waals surface area contributed by atoms with Crippen LogP contribution in [0.25, 0.3) is 5.57 Å². The summed E-state index contributed by atoms with van der Waals surface area (Å²) in [6.45, 7) is 0. The average molecular weight is 288 g/mol. The Labute approximate surface area is 130 Å². The summed E-state index contributed by atoms with van der Waals surface area (Å²) in [5.74, 6) is 0. The molecular formula is C20H16S. The molecule has 0 saturated carbocycles. The summed E-state index contributed by atoms with van der Waals surface area (Å²) in [6, 6.07) is 31.5. The van der Waals surface area contributed by atoms with Crippen LogP contribution in [0.15, 0.2) is 101 Å². The predicted octanol–water partition coefficient (Wildman–Crippen LogP) is 5.87. The summed E-state index contributed by atoms with van der Waals surface area (Å²) in [6.07, 6.45) is 0. The summed E-state index contributed by atoms with van der Waals surface area (Å²) >= 11 is 1.76. The number of benzene rings is 3. The minimum atomic E-state index is 1.24. The molecule has 3 rings (SSSR count). The molecule has 102 valence electrons. The first-order valence-electron chi connectivity index (χ1n) is 6.96. The minimum absolute atomic E-state index is 1.24. The van der Waals surface area contributed by atoms with Gasteiger partial charge in [0.05, 0.1) is 0 Å². The second kappa shape index (κ2) is 6.96. The molecule has 0 aliphatic carbocycles. The van der Waals surface area contributed by atoms with E-state index in [0.29, 0.717) is 0 Å². The quantitative estimate of drug-likeness (QED) is 0.541. The van der Waals surface area contributed by atoms with Crippen LogP contribution in [-0.2, 0) is 0 Å². The Hall–Kier alpha value is -2.25. The molecule has 0 spiro atoms. The Balaban J connectivity index is 1.97. The largest absolute Gasteiger partial charge is 0.0974 e. The van der Waals surface area contributed by atoms with E-state index >= 15 is 0 Å². The van der Waals surface area contributed by atoms with Crippen molar-refractivity contribution < 1.29 is 0 Å². The van der Waals surface area contributed by atoms with Gasteiger partial charge in [-0.3, -0.25) is 0 Å². The Morgan fingerprint density at radius 3 is 1.48 bits per heavy atom. The van der Waals surface area contributed by atoms with Crippen LogP contribution in [0.5, 0.6) is 0 Å². The van der Waals surface area contributed by atoms with Crippen LogP contribution in [0.3, 0.4) is 0 Å². The van der Waals surface area contributed by atoms with E-state index in [1.54, 1.807) is 11.8 Å². The van der Waals surface area contributed by atoms with Crippen molar-refractivity contribution in [1.82, 2.24) is 0 Å². The van der Waals surface area contributed by atoms with Gasteiger partial charge in [-0.15, -0.1) is 0 Å². The molecule has 1 heteroatoms. The van der Waals surface area contributed by atoms with E-state index in [0.717, 1.165) is 0 Å². The van der Waals surface area contributed by atoms with Crippen LogP contribution in [0, 0.1) is 0 Å². The van der Waals surface area contributed by atoms with Gasteiger partial charge < -0.3 is 0 Å². The molecule has 0 heterocycles. The van der Waals surface area contributed by atoms with E-state index < -0.39 is 0 Å². The van der Waals surface area contributed by atoms with Gasteiger partial charge in [0.25, 0.3) is 0 Å². The molecule has 21 heavy (non-hydrogen) atoms. The van der Waals surface area contributed by atoms with Gasteiger partial charge in [0.15, 0.2) is 0 Å². The number of hydrogen-bond donors (Lipinski definition) is 0. The zero-order valence-corrected chi connectivity index (χ0v) is 12.5. The second-order valence-corrected chi connectivity index (χ2v) is 5.64. The lowest BCUT2D eigenvalue weighted by atomic mass is 10.00. The molecule has 0 bridgehead atoms. The molecule has 0 amide bonds. The first-order chi connectivity index (χ1) is 10.4. The maximum atomic E-state index is 2.24. The third-order valence-electron chi connectivity index (χ3n) is 3.23. The molecule has 0 atom stereocenters. The molecule has 3 aromatic carbocycles. The van der Waals surface area contributed by atoms with Crippen molar-refractivity contribution in [3.63, 3.8) is 0 Å². The summed E-state index contributed by atoms with van der Waals surface area (Å²) < 4.78 is 0. The molecule has 3 aromatic rings. The van der Waals surface area contributed by atoms with Gasteiger partial charge in [-0.05, 0) is 34.2 Å².